The third-order valence-electron chi connectivity index (χ3n) is 3.05. The average Bonchev–Trinajstić information content (AvgIpc) is 2.86. The van der Waals surface area contributed by atoms with Crippen molar-refractivity contribution in [3.8, 4) is 0 Å². The van der Waals surface area contributed by atoms with Crippen LogP contribution in [0.2, 0.25) is 5.02 Å². The molecule has 1 unspecified atom stereocenters. The van der Waals surface area contributed by atoms with Crippen LogP contribution in [0.25, 0.3) is 5.65 Å². The van der Waals surface area contributed by atoms with Gasteiger partial charge in [-0.1, -0.05) is 23.7 Å². The van der Waals surface area contributed by atoms with Gasteiger partial charge < -0.3 is 9.72 Å². The summed E-state index contributed by atoms with van der Waals surface area (Å²) in [5.41, 5.74) is 1.89. The van der Waals surface area contributed by atoms with E-state index in [1.807, 2.05) is 41.1 Å². The highest BCUT2D eigenvalue weighted by Crippen LogP contribution is 2.24. The molecule has 0 bridgehead atoms. The number of hydrogen-bond acceptors (Lipinski definition) is 3. The molecule has 1 aromatic carbocycles. The molecule has 6 heteroatoms. The second kappa shape index (κ2) is 5.42. The number of benzene rings is 1. The number of hydrogen-bond donors (Lipinski definition) is 1. The van der Waals surface area contributed by atoms with Gasteiger partial charge in [-0.05, 0) is 40.5 Å². The number of nitrogens with zero attached hydrogens (tertiary/aromatic N) is 3. The Bertz CT molecular complexity index is 756. The van der Waals surface area contributed by atoms with E-state index in [2.05, 4.69) is 38.1 Å². The molecule has 102 valence electrons. The van der Waals surface area contributed by atoms with Crippen LogP contribution < -0.4 is 5.32 Å². The highest BCUT2D eigenvalue weighted by atomic mass is 79.9. The first-order valence-corrected chi connectivity index (χ1v) is 7.32. The molecule has 3 rings (SSSR count). The number of halogens is 2. The quantitative estimate of drug-likeness (QED) is 0.764. The van der Waals surface area contributed by atoms with Gasteiger partial charge in [0.15, 0.2) is 11.5 Å². The Morgan fingerprint density at radius 3 is 3.05 bits per heavy atom. The summed E-state index contributed by atoms with van der Waals surface area (Å²) in [6, 6.07) is 7.86. The van der Waals surface area contributed by atoms with Crippen LogP contribution in [-0.2, 0) is 0 Å². The Morgan fingerprint density at radius 1 is 1.40 bits per heavy atom. The van der Waals surface area contributed by atoms with E-state index in [1.54, 1.807) is 6.20 Å². The Labute approximate surface area is 129 Å². The fraction of sp³-hybridized carbons (Fsp3) is 0.143. The van der Waals surface area contributed by atoms with Gasteiger partial charge in [0.25, 0.3) is 0 Å². The van der Waals surface area contributed by atoms with Gasteiger partial charge in [0.05, 0.1) is 6.04 Å². The Morgan fingerprint density at radius 2 is 2.25 bits per heavy atom. The van der Waals surface area contributed by atoms with Gasteiger partial charge in [-0.2, -0.15) is 0 Å². The number of nitrogens with one attached hydrogen (secondary N) is 1. The van der Waals surface area contributed by atoms with Crippen molar-refractivity contribution in [2.75, 3.05) is 5.32 Å². The molecule has 0 radical (unpaired) electrons. The predicted octanol–water partition coefficient (Wildman–Crippen LogP) is 4.32. The van der Waals surface area contributed by atoms with Gasteiger partial charge in [-0.25, -0.2) is 9.97 Å². The van der Waals surface area contributed by atoms with Crippen LogP contribution in [0, 0.1) is 0 Å². The minimum atomic E-state index is 0.0796. The van der Waals surface area contributed by atoms with Crippen molar-refractivity contribution in [3.05, 3.63) is 58.0 Å². The van der Waals surface area contributed by atoms with Crippen molar-refractivity contribution in [1.29, 1.82) is 0 Å². The highest BCUT2D eigenvalue weighted by Gasteiger charge is 2.11. The molecule has 0 fully saturated rings. The number of aromatic nitrogens is 3. The molecule has 1 N–H and O–H groups in total. The van der Waals surface area contributed by atoms with Crippen molar-refractivity contribution in [2.45, 2.75) is 13.0 Å². The second-order valence-corrected chi connectivity index (χ2v) is 5.74. The Balaban J connectivity index is 1.94. The van der Waals surface area contributed by atoms with Crippen molar-refractivity contribution >= 4 is 39.0 Å². The lowest BCUT2D eigenvalue weighted by atomic mass is 10.1. The summed E-state index contributed by atoms with van der Waals surface area (Å²) < 4.78 is 2.67. The normalized spacial score (nSPS) is 12.6. The molecule has 3 aromatic rings. The standard InChI is InChI=1S/C14H12BrClN4/c1-9(10-3-2-4-11(16)7-10)18-13-14-17-5-6-20(14)8-12(15)19-13/h2-9H,1H3,(H,18,19). The minimum absolute atomic E-state index is 0.0796. The molecule has 20 heavy (non-hydrogen) atoms. The topological polar surface area (TPSA) is 42.2 Å². The first kappa shape index (κ1) is 13.4. The molecular weight excluding hydrogens is 340 g/mol. The number of rotatable bonds is 3. The maximum Gasteiger partial charge on any atom is 0.180 e. The first-order valence-electron chi connectivity index (χ1n) is 6.15. The Hall–Kier alpha value is -1.59. The zero-order valence-corrected chi connectivity index (χ0v) is 13.1. The lowest BCUT2D eigenvalue weighted by molar-refractivity contribution is 0.870. The summed E-state index contributed by atoms with van der Waals surface area (Å²) in [6.45, 7) is 2.06. The van der Waals surface area contributed by atoms with E-state index in [0.29, 0.717) is 0 Å². The lowest BCUT2D eigenvalue weighted by Gasteiger charge is -2.16. The summed E-state index contributed by atoms with van der Waals surface area (Å²) in [7, 11) is 0. The summed E-state index contributed by atoms with van der Waals surface area (Å²) in [5, 5.41) is 4.10. The van der Waals surface area contributed by atoms with Crippen molar-refractivity contribution in [1.82, 2.24) is 14.4 Å². The van der Waals surface area contributed by atoms with Crippen LogP contribution >= 0.6 is 27.5 Å². The van der Waals surface area contributed by atoms with Crippen molar-refractivity contribution in [3.63, 3.8) is 0 Å². The van der Waals surface area contributed by atoms with E-state index in [9.17, 15) is 0 Å². The van der Waals surface area contributed by atoms with Gasteiger partial charge >= 0.3 is 0 Å². The van der Waals surface area contributed by atoms with Gasteiger partial charge in [0, 0.05) is 23.6 Å². The smallest absolute Gasteiger partial charge is 0.180 e. The molecule has 4 nitrogen and oxygen atoms in total. The molecule has 0 saturated carbocycles. The van der Waals surface area contributed by atoms with Crippen LogP contribution in [0.3, 0.4) is 0 Å². The van der Waals surface area contributed by atoms with Gasteiger partial charge in [0.2, 0.25) is 0 Å². The van der Waals surface area contributed by atoms with E-state index in [0.717, 1.165) is 26.7 Å². The van der Waals surface area contributed by atoms with E-state index in [1.165, 1.54) is 0 Å². The fourth-order valence-electron chi connectivity index (χ4n) is 2.06. The van der Waals surface area contributed by atoms with Crippen molar-refractivity contribution < 1.29 is 0 Å². The molecule has 0 amide bonds. The molecule has 0 saturated heterocycles. The molecule has 0 aliphatic heterocycles. The molecule has 0 aliphatic carbocycles. The van der Waals surface area contributed by atoms with E-state index in [4.69, 9.17) is 11.6 Å². The minimum Gasteiger partial charge on any atom is -0.360 e. The fourth-order valence-corrected chi connectivity index (χ4v) is 2.66. The maximum absolute atomic E-state index is 6.03. The van der Waals surface area contributed by atoms with Crippen LogP contribution in [0.5, 0.6) is 0 Å². The summed E-state index contributed by atoms with van der Waals surface area (Å²) in [6.07, 6.45) is 5.51. The van der Waals surface area contributed by atoms with Crippen molar-refractivity contribution in [2.24, 2.45) is 0 Å². The lowest BCUT2D eigenvalue weighted by Crippen LogP contribution is -2.09. The maximum atomic E-state index is 6.03. The van der Waals surface area contributed by atoms with Crippen LogP contribution in [0.4, 0.5) is 5.82 Å². The van der Waals surface area contributed by atoms with E-state index >= 15 is 0 Å². The Kier molecular flexibility index (Phi) is 3.63. The molecule has 2 heterocycles. The summed E-state index contributed by atoms with van der Waals surface area (Å²) in [5.74, 6) is 0.733. The number of anilines is 1. The SMILES string of the molecule is CC(Nc1nc(Br)cn2ccnc12)c1cccc(Cl)c1. The summed E-state index contributed by atoms with van der Waals surface area (Å²) >= 11 is 9.43. The van der Waals surface area contributed by atoms with E-state index < -0.39 is 0 Å². The van der Waals surface area contributed by atoms with Crippen LogP contribution in [0.1, 0.15) is 18.5 Å². The van der Waals surface area contributed by atoms with Crippen LogP contribution in [0.15, 0.2) is 47.5 Å². The van der Waals surface area contributed by atoms with Gasteiger partial charge in [0.1, 0.15) is 4.60 Å². The average molecular weight is 352 g/mol. The molecule has 1 atom stereocenters. The van der Waals surface area contributed by atoms with E-state index in [-0.39, 0.29) is 6.04 Å². The van der Waals surface area contributed by atoms with Gasteiger partial charge in [-0.3, -0.25) is 0 Å². The largest absolute Gasteiger partial charge is 0.360 e. The third kappa shape index (κ3) is 2.64. The molecular formula is C14H12BrClN4. The number of imidazole rings is 1. The van der Waals surface area contributed by atoms with Gasteiger partial charge in [-0.15, -0.1) is 0 Å². The predicted molar refractivity (Wildman–Crippen MR) is 84.2 cm³/mol. The number of fused-ring (bicyclic) bond motifs is 1. The zero-order chi connectivity index (χ0) is 14.1. The first-order chi connectivity index (χ1) is 9.63. The third-order valence-corrected chi connectivity index (χ3v) is 3.66. The monoisotopic (exact) mass is 350 g/mol. The summed E-state index contributed by atoms with van der Waals surface area (Å²) in [4.78, 5) is 8.77. The highest BCUT2D eigenvalue weighted by molar-refractivity contribution is 9.10. The molecule has 0 spiro atoms. The zero-order valence-electron chi connectivity index (χ0n) is 10.7. The molecule has 0 aliphatic rings. The second-order valence-electron chi connectivity index (χ2n) is 4.49. The van der Waals surface area contributed by atoms with Crippen LogP contribution in [-0.4, -0.2) is 14.4 Å². The molecule has 2 aromatic heterocycles.